The van der Waals surface area contributed by atoms with Crippen molar-refractivity contribution in [2.75, 3.05) is 38.1 Å². The van der Waals surface area contributed by atoms with E-state index in [1.165, 1.54) is 32.7 Å². The Morgan fingerprint density at radius 1 is 0.765 bits per heavy atom. The summed E-state index contributed by atoms with van der Waals surface area (Å²) in [7, 11) is -1.24. The van der Waals surface area contributed by atoms with Crippen LogP contribution in [-0.4, -0.2) is 51.8 Å². The zero-order chi connectivity index (χ0) is 23.3. The van der Waals surface area contributed by atoms with Crippen LogP contribution in [0.3, 0.4) is 0 Å². The molecule has 1 aliphatic carbocycles. The highest BCUT2D eigenvalue weighted by Crippen LogP contribution is 2.36. The van der Waals surface area contributed by atoms with E-state index in [0.717, 1.165) is 38.3 Å². The molecule has 5 heteroatoms. The lowest BCUT2D eigenvalue weighted by molar-refractivity contribution is 0.313. The summed E-state index contributed by atoms with van der Waals surface area (Å²) in [5.74, 6) is 0. The van der Waals surface area contributed by atoms with Crippen molar-refractivity contribution in [2.45, 2.75) is 29.4 Å². The number of hydrogen-bond donors (Lipinski definition) is 0. The van der Waals surface area contributed by atoms with Gasteiger partial charge in [-0.25, -0.2) is 8.42 Å². The van der Waals surface area contributed by atoms with Crippen LogP contribution in [0.5, 0.6) is 0 Å². The van der Waals surface area contributed by atoms with E-state index in [2.05, 4.69) is 65.4 Å². The average Bonchev–Trinajstić information content (AvgIpc) is 2.88. The van der Waals surface area contributed by atoms with E-state index in [1.54, 1.807) is 0 Å². The fraction of sp³-hybridized carbons (Fsp3) is 0.310. The third-order valence-corrected chi connectivity index (χ3v) is 9.98. The van der Waals surface area contributed by atoms with Crippen molar-refractivity contribution in [3.05, 3.63) is 83.9 Å². The second-order valence-corrected chi connectivity index (χ2v) is 12.0. The summed E-state index contributed by atoms with van der Waals surface area (Å²) in [6, 6.07) is 24.8. The van der Waals surface area contributed by atoms with Crippen LogP contribution in [-0.2, 0) is 22.7 Å². The number of likely N-dealkylation sites (N-methyl/N-ethyl adjacent to an activating group) is 1. The number of hydrogen-bond acceptors (Lipinski definition) is 4. The summed E-state index contributed by atoms with van der Waals surface area (Å²) < 4.78 is 27.1. The summed E-state index contributed by atoms with van der Waals surface area (Å²) in [4.78, 5) is 5.11. The molecule has 0 aromatic heterocycles. The standard InChI is InChI=1S/C29H30N2O2S/c1-30-16-18-31(19-17-30)23-8-10-24(11-9-23)34(32,33)25-12-15-27-22(20-25)7-14-28-26-5-3-2-4-21(26)6-13-29(27)28/h2-11,13-14,25H,12,15-20H2,1H3. The van der Waals surface area contributed by atoms with Crippen molar-refractivity contribution in [3.63, 3.8) is 0 Å². The molecule has 6 rings (SSSR count). The molecule has 4 nitrogen and oxygen atoms in total. The number of benzene rings is 4. The van der Waals surface area contributed by atoms with Crippen molar-refractivity contribution >= 4 is 37.1 Å². The zero-order valence-electron chi connectivity index (χ0n) is 19.6. The van der Waals surface area contributed by atoms with E-state index in [-0.39, 0.29) is 5.25 Å². The van der Waals surface area contributed by atoms with Gasteiger partial charge in [-0.1, -0.05) is 48.5 Å². The first-order chi connectivity index (χ1) is 16.5. The fourth-order valence-corrected chi connectivity index (χ4v) is 7.43. The van der Waals surface area contributed by atoms with E-state index in [1.807, 2.05) is 24.3 Å². The lowest BCUT2D eigenvalue weighted by Gasteiger charge is -2.34. The smallest absolute Gasteiger partial charge is 0.181 e. The number of aryl methyl sites for hydroxylation is 1. The summed E-state index contributed by atoms with van der Waals surface area (Å²) in [6.07, 6.45) is 2.05. The number of fused-ring (bicyclic) bond motifs is 5. The largest absolute Gasteiger partial charge is 0.369 e. The van der Waals surface area contributed by atoms with Crippen molar-refractivity contribution < 1.29 is 8.42 Å². The molecule has 4 aromatic rings. The Morgan fingerprint density at radius 3 is 2.29 bits per heavy atom. The molecule has 0 bridgehead atoms. The van der Waals surface area contributed by atoms with Gasteiger partial charge in [-0.05, 0) is 83.2 Å². The van der Waals surface area contributed by atoms with Crippen LogP contribution in [0.4, 0.5) is 5.69 Å². The molecule has 1 atom stereocenters. The number of nitrogens with zero attached hydrogens (tertiary/aromatic N) is 2. The number of anilines is 1. The lowest BCUT2D eigenvalue weighted by atomic mass is 9.86. The quantitative estimate of drug-likeness (QED) is 0.392. The highest BCUT2D eigenvalue weighted by Gasteiger charge is 2.32. The molecule has 174 valence electrons. The molecular weight excluding hydrogens is 440 g/mol. The van der Waals surface area contributed by atoms with E-state index < -0.39 is 9.84 Å². The second-order valence-electron chi connectivity index (χ2n) is 9.78. The third-order valence-electron chi connectivity index (χ3n) is 7.77. The van der Waals surface area contributed by atoms with Gasteiger partial charge >= 0.3 is 0 Å². The molecule has 1 saturated heterocycles. The van der Waals surface area contributed by atoms with Gasteiger partial charge in [0.25, 0.3) is 0 Å². The Balaban J connectivity index is 1.27. The minimum absolute atomic E-state index is 0.368. The van der Waals surface area contributed by atoms with E-state index in [9.17, 15) is 8.42 Å². The summed E-state index contributed by atoms with van der Waals surface area (Å²) >= 11 is 0. The van der Waals surface area contributed by atoms with Crippen molar-refractivity contribution in [1.29, 1.82) is 0 Å². The molecule has 1 unspecified atom stereocenters. The van der Waals surface area contributed by atoms with Gasteiger partial charge in [-0.3, -0.25) is 0 Å². The molecule has 1 aliphatic heterocycles. The molecule has 0 saturated carbocycles. The fourth-order valence-electron chi connectivity index (χ4n) is 5.70. The van der Waals surface area contributed by atoms with E-state index >= 15 is 0 Å². The summed E-state index contributed by atoms with van der Waals surface area (Å²) in [5, 5.41) is 4.66. The predicted octanol–water partition coefficient (Wildman–Crippen LogP) is 5.08. The summed E-state index contributed by atoms with van der Waals surface area (Å²) in [5.41, 5.74) is 3.61. The first-order valence-corrected chi connectivity index (χ1v) is 13.7. The van der Waals surface area contributed by atoms with Crippen LogP contribution in [0.2, 0.25) is 0 Å². The van der Waals surface area contributed by atoms with Gasteiger partial charge in [0.2, 0.25) is 0 Å². The molecule has 2 aliphatic rings. The molecule has 1 fully saturated rings. The van der Waals surface area contributed by atoms with Crippen molar-refractivity contribution in [2.24, 2.45) is 0 Å². The number of rotatable bonds is 3. The Kier molecular flexibility index (Phi) is 5.34. The Bertz CT molecular complexity index is 1470. The maximum atomic E-state index is 13.5. The molecule has 4 aromatic carbocycles. The Morgan fingerprint density at radius 2 is 1.50 bits per heavy atom. The lowest BCUT2D eigenvalue weighted by Crippen LogP contribution is -2.44. The Hall–Kier alpha value is -2.89. The molecule has 0 spiro atoms. The molecular formula is C29H30N2O2S. The maximum absolute atomic E-state index is 13.5. The van der Waals surface area contributed by atoms with Crippen LogP contribution in [0, 0.1) is 0 Å². The predicted molar refractivity (Wildman–Crippen MR) is 141 cm³/mol. The van der Waals surface area contributed by atoms with Gasteiger partial charge in [-0.2, -0.15) is 0 Å². The van der Waals surface area contributed by atoms with Gasteiger partial charge in [0, 0.05) is 31.9 Å². The highest BCUT2D eigenvalue weighted by atomic mass is 32.2. The monoisotopic (exact) mass is 470 g/mol. The van der Waals surface area contributed by atoms with Gasteiger partial charge in [0.05, 0.1) is 10.1 Å². The highest BCUT2D eigenvalue weighted by molar-refractivity contribution is 7.92. The first-order valence-electron chi connectivity index (χ1n) is 12.2. The van der Waals surface area contributed by atoms with Gasteiger partial charge in [0.15, 0.2) is 9.84 Å². The van der Waals surface area contributed by atoms with Crippen LogP contribution in [0.15, 0.2) is 77.7 Å². The van der Waals surface area contributed by atoms with Crippen LogP contribution < -0.4 is 4.90 Å². The van der Waals surface area contributed by atoms with Crippen LogP contribution >= 0.6 is 0 Å². The SMILES string of the molecule is CN1CCN(c2ccc(S(=O)(=O)C3CCc4c(ccc5c4ccc4ccccc45)C3)cc2)CC1. The van der Waals surface area contributed by atoms with Crippen LogP contribution in [0.25, 0.3) is 21.5 Å². The minimum Gasteiger partial charge on any atom is -0.369 e. The van der Waals surface area contributed by atoms with E-state index in [0.29, 0.717) is 17.7 Å². The average molecular weight is 471 g/mol. The first kappa shape index (κ1) is 21.6. The second kappa shape index (κ2) is 8.40. The maximum Gasteiger partial charge on any atom is 0.181 e. The number of sulfone groups is 1. The normalized spacial score (nSPS) is 19.4. The number of piperazine rings is 1. The molecule has 34 heavy (non-hydrogen) atoms. The Labute approximate surface area is 201 Å². The van der Waals surface area contributed by atoms with Gasteiger partial charge < -0.3 is 9.80 Å². The zero-order valence-corrected chi connectivity index (χ0v) is 20.4. The molecule has 1 heterocycles. The topological polar surface area (TPSA) is 40.6 Å². The molecule has 0 radical (unpaired) electrons. The molecule has 0 N–H and O–H groups in total. The van der Waals surface area contributed by atoms with Gasteiger partial charge in [-0.15, -0.1) is 0 Å². The van der Waals surface area contributed by atoms with E-state index in [4.69, 9.17) is 0 Å². The van der Waals surface area contributed by atoms with Crippen molar-refractivity contribution in [3.8, 4) is 0 Å². The van der Waals surface area contributed by atoms with Crippen molar-refractivity contribution in [1.82, 2.24) is 4.90 Å². The van der Waals surface area contributed by atoms with Gasteiger partial charge in [0.1, 0.15) is 0 Å². The summed E-state index contributed by atoms with van der Waals surface area (Å²) in [6.45, 7) is 4.02. The third kappa shape index (κ3) is 3.68. The minimum atomic E-state index is -3.38. The molecule has 0 amide bonds. The van der Waals surface area contributed by atoms with Crippen LogP contribution in [0.1, 0.15) is 17.5 Å².